The topological polar surface area (TPSA) is 101 Å². The number of carbonyl (C=O) groups excluding carboxylic acids is 2. The molecule has 25 heavy (non-hydrogen) atoms. The number of nitrogens with zero attached hydrogens (tertiary/aromatic N) is 3. The lowest BCUT2D eigenvalue weighted by atomic mass is 9.83. The van der Waals surface area contributed by atoms with Gasteiger partial charge in [0.15, 0.2) is 0 Å². The number of carbonyl (C=O) groups is 2. The molecule has 2 fully saturated rings. The van der Waals surface area contributed by atoms with Crippen LogP contribution in [0.4, 0.5) is 5.69 Å². The van der Waals surface area contributed by atoms with Crippen LogP contribution in [-0.4, -0.2) is 46.0 Å². The molecule has 0 unspecified atom stereocenters. The zero-order chi connectivity index (χ0) is 17.7. The van der Waals surface area contributed by atoms with Crippen molar-refractivity contribution in [3.63, 3.8) is 0 Å². The highest BCUT2D eigenvalue weighted by Gasteiger charge is 2.37. The number of nitrogens with two attached hydrogens (primary N) is 1. The Balaban J connectivity index is 1.44. The molecule has 4 rings (SSSR count). The van der Waals surface area contributed by atoms with Crippen LogP contribution < -0.4 is 11.1 Å². The van der Waals surface area contributed by atoms with E-state index in [0.717, 1.165) is 35.9 Å². The molecule has 2 amide bonds. The summed E-state index contributed by atoms with van der Waals surface area (Å²) in [4.78, 5) is 27.7. The zero-order valence-corrected chi connectivity index (χ0v) is 15.2. The van der Waals surface area contributed by atoms with Gasteiger partial charge in [0.2, 0.25) is 5.91 Å². The molecule has 1 saturated carbocycles. The van der Waals surface area contributed by atoms with Crippen LogP contribution >= 0.6 is 11.3 Å². The maximum absolute atomic E-state index is 12.6. The van der Waals surface area contributed by atoms with E-state index in [1.807, 2.05) is 18.7 Å². The molecule has 7 nitrogen and oxygen atoms in total. The zero-order valence-electron chi connectivity index (χ0n) is 14.3. The van der Waals surface area contributed by atoms with Gasteiger partial charge in [0, 0.05) is 24.4 Å². The van der Waals surface area contributed by atoms with Crippen molar-refractivity contribution < 1.29 is 9.59 Å². The van der Waals surface area contributed by atoms with Crippen molar-refractivity contribution in [1.29, 1.82) is 0 Å². The number of nitrogens with one attached hydrogen (secondary N) is 1. The van der Waals surface area contributed by atoms with Crippen molar-refractivity contribution in [3.8, 4) is 0 Å². The Kier molecular flexibility index (Phi) is 3.87. The standard InChI is InChI=1S/C17H21N5O2S/c1-8-9(2)20-21-16-12(8)13(18)14(25-16)15(23)19-11-6-22(7-11)17(24)10-4-3-5-10/h10-11H,3-7,18H2,1-2H3,(H,19,23). The Hall–Kier alpha value is -2.22. The SMILES string of the molecule is Cc1nnc2sc(C(=O)NC3CN(C(=O)C4CCC4)C3)c(N)c2c1C. The second-order valence-electron chi connectivity index (χ2n) is 6.98. The number of hydrogen-bond donors (Lipinski definition) is 2. The number of aromatic nitrogens is 2. The minimum Gasteiger partial charge on any atom is -0.397 e. The Morgan fingerprint density at radius 1 is 1.24 bits per heavy atom. The number of amides is 2. The Morgan fingerprint density at radius 2 is 1.96 bits per heavy atom. The number of thiophene rings is 1. The monoisotopic (exact) mass is 359 g/mol. The van der Waals surface area contributed by atoms with Crippen LogP contribution in [0.1, 0.15) is 40.2 Å². The molecule has 0 aromatic carbocycles. The normalized spacial score (nSPS) is 18.1. The third-order valence-corrected chi connectivity index (χ3v) is 6.41. The summed E-state index contributed by atoms with van der Waals surface area (Å²) < 4.78 is 0. The van der Waals surface area contributed by atoms with Crippen LogP contribution in [-0.2, 0) is 4.79 Å². The van der Waals surface area contributed by atoms with Crippen LogP contribution in [0.15, 0.2) is 0 Å². The van der Waals surface area contributed by atoms with Gasteiger partial charge in [-0.05, 0) is 32.3 Å². The predicted octanol–water partition coefficient (Wildman–Crippen LogP) is 1.63. The molecule has 0 radical (unpaired) electrons. The van der Waals surface area contributed by atoms with Gasteiger partial charge in [0.05, 0.1) is 17.4 Å². The van der Waals surface area contributed by atoms with Crippen LogP contribution in [0.5, 0.6) is 0 Å². The number of fused-ring (bicyclic) bond motifs is 1. The first kappa shape index (κ1) is 16.3. The molecule has 2 aromatic heterocycles. The second-order valence-corrected chi connectivity index (χ2v) is 7.98. The summed E-state index contributed by atoms with van der Waals surface area (Å²) in [6, 6.07) is -0.00458. The highest BCUT2D eigenvalue weighted by molar-refractivity contribution is 7.21. The molecule has 2 aromatic rings. The molecular formula is C17H21N5O2S. The summed E-state index contributed by atoms with van der Waals surface area (Å²) >= 11 is 1.26. The number of nitrogen functional groups attached to an aromatic ring is 1. The molecule has 0 atom stereocenters. The molecule has 1 aliphatic carbocycles. The Labute approximate surface area is 149 Å². The summed E-state index contributed by atoms with van der Waals surface area (Å²) in [5.74, 6) is 0.248. The highest BCUT2D eigenvalue weighted by Crippen LogP contribution is 2.35. The van der Waals surface area contributed by atoms with Crippen LogP contribution in [0, 0.1) is 19.8 Å². The third kappa shape index (κ3) is 2.64. The quantitative estimate of drug-likeness (QED) is 0.867. The van der Waals surface area contributed by atoms with Gasteiger partial charge in [-0.1, -0.05) is 6.42 Å². The van der Waals surface area contributed by atoms with Crippen LogP contribution in [0.25, 0.3) is 10.2 Å². The van der Waals surface area contributed by atoms with Crippen LogP contribution in [0.3, 0.4) is 0 Å². The molecule has 8 heteroatoms. The maximum Gasteiger partial charge on any atom is 0.263 e. The number of likely N-dealkylation sites (tertiary alicyclic amines) is 1. The molecular weight excluding hydrogens is 338 g/mol. The molecule has 3 N–H and O–H groups in total. The van der Waals surface area contributed by atoms with Crippen molar-refractivity contribution in [2.24, 2.45) is 5.92 Å². The highest BCUT2D eigenvalue weighted by atomic mass is 32.1. The van der Waals surface area contributed by atoms with Crippen LogP contribution in [0.2, 0.25) is 0 Å². The fourth-order valence-electron chi connectivity index (χ4n) is 3.32. The van der Waals surface area contributed by atoms with Gasteiger partial charge in [0.25, 0.3) is 5.91 Å². The summed E-state index contributed by atoms with van der Waals surface area (Å²) in [6.45, 7) is 4.99. The van der Waals surface area contributed by atoms with E-state index in [1.54, 1.807) is 0 Å². The molecule has 3 heterocycles. The Bertz CT molecular complexity index is 868. The van der Waals surface area contributed by atoms with E-state index in [9.17, 15) is 9.59 Å². The average molecular weight is 359 g/mol. The first-order chi connectivity index (χ1) is 12.0. The molecule has 0 bridgehead atoms. The predicted molar refractivity (Wildman–Crippen MR) is 96.5 cm³/mol. The third-order valence-electron chi connectivity index (χ3n) is 5.32. The summed E-state index contributed by atoms with van der Waals surface area (Å²) in [5.41, 5.74) is 8.44. The van der Waals surface area contributed by atoms with Gasteiger partial charge < -0.3 is 16.0 Å². The van der Waals surface area contributed by atoms with E-state index in [-0.39, 0.29) is 23.8 Å². The van der Waals surface area contributed by atoms with Gasteiger partial charge in [-0.15, -0.1) is 16.4 Å². The lowest BCUT2D eigenvalue weighted by Gasteiger charge is -2.42. The van der Waals surface area contributed by atoms with Gasteiger partial charge in [-0.3, -0.25) is 9.59 Å². The van der Waals surface area contributed by atoms with Gasteiger partial charge in [0.1, 0.15) is 9.71 Å². The van der Waals surface area contributed by atoms with Gasteiger partial charge >= 0.3 is 0 Å². The number of rotatable bonds is 3. The van der Waals surface area contributed by atoms with E-state index < -0.39 is 0 Å². The summed E-state index contributed by atoms with van der Waals surface area (Å²) in [7, 11) is 0. The fourth-order valence-corrected chi connectivity index (χ4v) is 4.33. The van der Waals surface area contributed by atoms with E-state index in [1.165, 1.54) is 11.3 Å². The molecule has 1 saturated heterocycles. The lowest BCUT2D eigenvalue weighted by molar-refractivity contribution is -0.143. The number of aryl methyl sites for hydroxylation is 2. The second kappa shape index (κ2) is 5.94. The fraction of sp³-hybridized carbons (Fsp3) is 0.529. The first-order valence-corrected chi connectivity index (χ1v) is 9.39. The summed E-state index contributed by atoms with van der Waals surface area (Å²) in [6.07, 6.45) is 3.16. The number of hydrogen-bond acceptors (Lipinski definition) is 6. The molecule has 1 aliphatic heterocycles. The minimum absolute atomic E-state index is 0.00458. The minimum atomic E-state index is -0.196. The van der Waals surface area contributed by atoms with Gasteiger partial charge in [-0.2, -0.15) is 5.10 Å². The lowest BCUT2D eigenvalue weighted by Crippen LogP contribution is -2.62. The van der Waals surface area contributed by atoms with Crippen molar-refractivity contribution in [1.82, 2.24) is 20.4 Å². The molecule has 0 spiro atoms. The number of anilines is 1. The smallest absolute Gasteiger partial charge is 0.263 e. The molecule has 132 valence electrons. The summed E-state index contributed by atoms with van der Waals surface area (Å²) in [5, 5.41) is 12.0. The van der Waals surface area contributed by atoms with E-state index in [4.69, 9.17) is 5.73 Å². The van der Waals surface area contributed by atoms with E-state index in [0.29, 0.717) is 28.5 Å². The first-order valence-electron chi connectivity index (χ1n) is 8.57. The Morgan fingerprint density at radius 3 is 2.60 bits per heavy atom. The van der Waals surface area contributed by atoms with Gasteiger partial charge in [-0.25, -0.2) is 0 Å². The van der Waals surface area contributed by atoms with Crippen molar-refractivity contribution in [2.45, 2.75) is 39.2 Å². The van der Waals surface area contributed by atoms with E-state index >= 15 is 0 Å². The van der Waals surface area contributed by atoms with Crippen molar-refractivity contribution >= 4 is 39.1 Å². The maximum atomic E-state index is 12.6. The van der Waals surface area contributed by atoms with E-state index in [2.05, 4.69) is 15.5 Å². The van der Waals surface area contributed by atoms with Crippen molar-refractivity contribution in [2.75, 3.05) is 18.8 Å². The molecule has 2 aliphatic rings. The largest absolute Gasteiger partial charge is 0.397 e. The average Bonchev–Trinajstić information content (AvgIpc) is 2.82. The van der Waals surface area contributed by atoms with Crippen molar-refractivity contribution in [3.05, 3.63) is 16.1 Å².